The van der Waals surface area contributed by atoms with E-state index in [0.29, 0.717) is 16.9 Å². The zero-order valence-corrected chi connectivity index (χ0v) is 17.3. The maximum atomic E-state index is 13.4. The van der Waals surface area contributed by atoms with E-state index in [1.54, 1.807) is 36.6 Å². The molecule has 9 nitrogen and oxygen atoms in total. The number of benzene rings is 1. The molecule has 30 heavy (non-hydrogen) atoms. The molecule has 0 radical (unpaired) electrons. The summed E-state index contributed by atoms with van der Waals surface area (Å²) in [6, 6.07) is 6.77. The summed E-state index contributed by atoms with van der Waals surface area (Å²) in [6.45, 7) is 2.00. The third-order valence-electron chi connectivity index (χ3n) is 5.31. The van der Waals surface area contributed by atoms with E-state index >= 15 is 0 Å². The molecule has 1 saturated heterocycles. The third kappa shape index (κ3) is 3.04. The van der Waals surface area contributed by atoms with Crippen molar-refractivity contribution in [1.82, 2.24) is 9.88 Å². The minimum atomic E-state index is -1.46. The lowest BCUT2D eigenvalue weighted by atomic mass is 9.96. The molecule has 156 valence electrons. The molecule has 1 aromatic carbocycles. The number of carbonyl (C=O) groups is 4. The molecule has 2 aliphatic heterocycles. The van der Waals surface area contributed by atoms with Crippen LogP contribution in [0.15, 0.2) is 29.6 Å². The van der Waals surface area contributed by atoms with Gasteiger partial charge < -0.3 is 9.64 Å². The number of para-hydroxylation sites is 1. The molecular formula is C20H20N4O5S. The molecule has 0 bridgehead atoms. The fourth-order valence-electron chi connectivity index (χ4n) is 3.93. The SMILES string of the molecule is CCOC(=O)Cc1csc(NC(=O)[C@@]23CCC(=O)N2c2ccccc2C(=O)N3C)n1. The second-order valence-electron chi connectivity index (χ2n) is 7.01. The molecule has 0 unspecified atom stereocenters. The molecular weight excluding hydrogens is 408 g/mol. The maximum Gasteiger partial charge on any atom is 0.311 e. The summed E-state index contributed by atoms with van der Waals surface area (Å²) in [5.74, 6) is -1.47. The Kier molecular flexibility index (Phi) is 5.02. The van der Waals surface area contributed by atoms with Gasteiger partial charge in [0.1, 0.15) is 0 Å². The largest absolute Gasteiger partial charge is 0.466 e. The number of anilines is 2. The van der Waals surface area contributed by atoms with Crippen LogP contribution in [0, 0.1) is 0 Å². The zero-order chi connectivity index (χ0) is 21.5. The Morgan fingerprint density at radius 3 is 2.83 bits per heavy atom. The Labute approximate surface area is 176 Å². The Morgan fingerprint density at radius 2 is 2.07 bits per heavy atom. The van der Waals surface area contributed by atoms with Crippen LogP contribution in [0.4, 0.5) is 10.8 Å². The Bertz CT molecular complexity index is 1050. The van der Waals surface area contributed by atoms with E-state index in [-0.39, 0.29) is 42.8 Å². The Balaban J connectivity index is 1.63. The Morgan fingerprint density at radius 1 is 1.30 bits per heavy atom. The van der Waals surface area contributed by atoms with Crippen molar-refractivity contribution in [2.75, 3.05) is 23.9 Å². The van der Waals surface area contributed by atoms with E-state index < -0.39 is 17.5 Å². The lowest BCUT2D eigenvalue weighted by Crippen LogP contribution is -2.68. The highest BCUT2D eigenvalue weighted by Crippen LogP contribution is 2.44. The topological polar surface area (TPSA) is 109 Å². The van der Waals surface area contributed by atoms with Gasteiger partial charge in [-0.3, -0.25) is 29.4 Å². The molecule has 3 amide bonds. The first-order chi connectivity index (χ1) is 14.4. The third-order valence-corrected chi connectivity index (χ3v) is 6.11. The molecule has 10 heteroatoms. The number of aromatic nitrogens is 1. The predicted molar refractivity (Wildman–Crippen MR) is 109 cm³/mol. The van der Waals surface area contributed by atoms with Crippen molar-refractivity contribution in [1.29, 1.82) is 0 Å². The average molecular weight is 428 g/mol. The minimum absolute atomic E-state index is 0.00171. The molecule has 2 aliphatic rings. The molecule has 1 N–H and O–H groups in total. The summed E-state index contributed by atoms with van der Waals surface area (Å²) in [6.07, 6.45) is 0.322. The maximum absolute atomic E-state index is 13.4. The number of ether oxygens (including phenoxy) is 1. The first kappa shape index (κ1) is 20.0. The molecule has 4 rings (SSSR count). The number of carbonyl (C=O) groups excluding carboxylic acids is 4. The fourth-order valence-corrected chi connectivity index (χ4v) is 4.64. The highest BCUT2D eigenvalue weighted by molar-refractivity contribution is 7.14. The number of rotatable bonds is 5. The molecule has 0 spiro atoms. The van der Waals surface area contributed by atoms with Gasteiger partial charge in [0.2, 0.25) is 11.6 Å². The number of amides is 3. The van der Waals surface area contributed by atoms with Crippen molar-refractivity contribution in [3.63, 3.8) is 0 Å². The standard InChI is InChI=1S/C20H20N4O5S/c1-3-29-16(26)10-12-11-30-19(21-12)22-18(28)20-9-8-15(25)24(20)14-7-5-4-6-13(14)17(27)23(20)2/h4-7,11H,3,8-10H2,1-2H3,(H,21,22,28)/t20-/m1/s1. The first-order valence-electron chi connectivity index (χ1n) is 9.50. The van der Waals surface area contributed by atoms with Crippen LogP contribution in [-0.2, 0) is 25.5 Å². The summed E-state index contributed by atoms with van der Waals surface area (Å²) in [4.78, 5) is 57.7. The molecule has 1 atom stereocenters. The van der Waals surface area contributed by atoms with Crippen LogP contribution in [0.5, 0.6) is 0 Å². The lowest BCUT2D eigenvalue weighted by Gasteiger charge is -2.47. The van der Waals surface area contributed by atoms with E-state index in [9.17, 15) is 19.2 Å². The molecule has 0 aliphatic carbocycles. The first-order valence-corrected chi connectivity index (χ1v) is 10.4. The second-order valence-corrected chi connectivity index (χ2v) is 7.87. The quantitative estimate of drug-likeness (QED) is 0.728. The molecule has 2 aromatic rings. The molecule has 1 fully saturated rings. The van der Waals surface area contributed by atoms with Crippen molar-refractivity contribution in [3.8, 4) is 0 Å². The number of likely N-dealkylation sites (N-methyl/N-ethyl adjacent to an activating group) is 1. The van der Waals surface area contributed by atoms with Gasteiger partial charge in [0.05, 0.1) is 30.0 Å². The second kappa shape index (κ2) is 7.52. The Hall–Kier alpha value is -3.27. The van der Waals surface area contributed by atoms with Crippen molar-refractivity contribution in [2.45, 2.75) is 31.8 Å². The highest BCUT2D eigenvalue weighted by Gasteiger charge is 2.59. The van der Waals surface area contributed by atoms with Crippen LogP contribution in [0.2, 0.25) is 0 Å². The predicted octanol–water partition coefficient (Wildman–Crippen LogP) is 1.80. The van der Waals surface area contributed by atoms with E-state index in [4.69, 9.17) is 4.74 Å². The van der Waals surface area contributed by atoms with Crippen molar-refractivity contribution in [3.05, 3.63) is 40.9 Å². The van der Waals surface area contributed by atoms with Crippen LogP contribution in [0.3, 0.4) is 0 Å². The number of esters is 1. The highest BCUT2D eigenvalue weighted by atomic mass is 32.1. The van der Waals surface area contributed by atoms with Crippen LogP contribution in [0.1, 0.15) is 35.8 Å². The number of fused-ring (bicyclic) bond motifs is 3. The van der Waals surface area contributed by atoms with Gasteiger partial charge in [-0.15, -0.1) is 11.3 Å². The van der Waals surface area contributed by atoms with Gasteiger partial charge in [-0.25, -0.2) is 4.98 Å². The van der Waals surface area contributed by atoms with Gasteiger partial charge in [-0.2, -0.15) is 0 Å². The van der Waals surface area contributed by atoms with Crippen LogP contribution >= 0.6 is 11.3 Å². The summed E-state index contributed by atoms with van der Waals surface area (Å²) < 4.78 is 4.91. The number of thiazole rings is 1. The molecule has 1 aromatic heterocycles. The van der Waals surface area contributed by atoms with E-state index in [1.807, 2.05) is 0 Å². The van der Waals surface area contributed by atoms with Gasteiger partial charge >= 0.3 is 5.97 Å². The van der Waals surface area contributed by atoms with Crippen molar-refractivity contribution >= 4 is 45.8 Å². The fraction of sp³-hybridized carbons (Fsp3) is 0.350. The average Bonchev–Trinajstić information content (AvgIpc) is 3.31. The molecule has 3 heterocycles. The van der Waals surface area contributed by atoms with E-state index in [0.717, 1.165) is 11.3 Å². The van der Waals surface area contributed by atoms with Crippen molar-refractivity contribution in [2.24, 2.45) is 0 Å². The van der Waals surface area contributed by atoms with Gasteiger partial charge in [0, 0.05) is 25.3 Å². The smallest absolute Gasteiger partial charge is 0.311 e. The van der Waals surface area contributed by atoms with Gasteiger partial charge in [-0.05, 0) is 19.1 Å². The minimum Gasteiger partial charge on any atom is -0.466 e. The van der Waals surface area contributed by atoms with Gasteiger partial charge in [0.25, 0.3) is 11.8 Å². The zero-order valence-electron chi connectivity index (χ0n) is 16.5. The van der Waals surface area contributed by atoms with Gasteiger partial charge in [0.15, 0.2) is 5.13 Å². The summed E-state index contributed by atoms with van der Waals surface area (Å²) in [5.41, 5.74) is -0.177. The summed E-state index contributed by atoms with van der Waals surface area (Å²) >= 11 is 1.16. The number of nitrogens with one attached hydrogen (secondary N) is 1. The summed E-state index contributed by atoms with van der Waals surface area (Å²) in [5, 5.41) is 4.67. The van der Waals surface area contributed by atoms with Crippen LogP contribution in [0.25, 0.3) is 0 Å². The summed E-state index contributed by atoms with van der Waals surface area (Å²) in [7, 11) is 1.53. The van der Waals surface area contributed by atoms with Gasteiger partial charge in [-0.1, -0.05) is 12.1 Å². The van der Waals surface area contributed by atoms with Crippen molar-refractivity contribution < 1.29 is 23.9 Å². The monoisotopic (exact) mass is 428 g/mol. The number of nitrogens with zero attached hydrogens (tertiary/aromatic N) is 3. The lowest BCUT2D eigenvalue weighted by molar-refractivity contribution is -0.142. The van der Waals surface area contributed by atoms with E-state index in [2.05, 4.69) is 10.3 Å². The van der Waals surface area contributed by atoms with Crippen LogP contribution < -0.4 is 10.2 Å². The number of hydrogen-bond donors (Lipinski definition) is 1. The van der Waals surface area contributed by atoms with E-state index in [1.165, 1.54) is 16.8 Å². The van der Waals surface area contributed by atoms with Crippen LogP contribution in [-0.4, -0.2) is 52.9 Å². The normalized spacial score (nSPS) is 20.1. The number of hydrogen-bond acceptors (Lipinski definition) is 7. The molecule has 0 saturated carbocycles.